The molecule has 100 valence electrons. The van der Waals surface area contributed by atoms with Crippen molar-refractivity contribution in [2.45, 2.75) is 13.5 Å². The van der Waals surface area contributed by atoms with Gasteiger partial charge in [-0.1, -0.05) is 17.7 Å². The SMILES string of the molecule is CNCc1cc(F)ccc1-c1cc(C)ccc1OC. The topological polar surface area (TPSA) is 21.3 Å². The maximum absolute atomic E-state index is 13.4. The highest BCUT2D eigenvalue weighted by molar-refractivity contribution is 5.74. The molecule has 0 aliphatic carbocycles. The van der Waals surface area contributed by atoms with Gasteiger partial charge in [-0.15, -0.1) is 0 Å². The Bertz CT molecular complexity index is 581. The zero-order valence-corrected chi connectivity index (χ0v) is 11.5. The quantitative estimate of drug-likeness (QED) is 0.907. The Morgan fingerprint density at radius 2 is 1.89 bits per heavy atom. The van der Waals surface area contributed by atoms with Crippen molar-refractivity contribution in [3.05, 3.63) is 53.3 Å². The summed E-state index contributed by atoms with van der Waals surface area (Å²) in [5.41, 5.74) is 4.06. The maximum atomic E-state index is 13.4. The molecule has 0 amide bonds. The summed E-state index contributed by atoms with van der Waals surface area (Å²) < 4.78 is 18.8. The molecule has 2 aromatic carbocycles. The number of aryl methyl sites for hydroxylation is 1. The first kappa shape index (κ1) is 13.6. The Morgan fingerprint density at radius 1 is 1.11 bits per heavy atom. The van der Waals surface area contributed by atoms with Crippen LogP contribution < -0.4 is 10.1 Å². The molecule has 1 N–H and O–H groups in total. The van der Waals surface area contributed by atoms with Crippen LogP contribution in [-0.4, -0.2) is 14.2 Å². The van der Waals surface area contributed by atoms with Gasteiger partial charge in [0, 0.05) is 12.1 Å². The second-order valence-corrected chi connectivity index (χ2v) is 4.54. The molecule has 2 nitrogen and oxygen atoms in total. The Balaban J connectivity index is 2.60. The van der Waals surface area contributed by atoms with E-state index in [4.69, 9.17) is 4.74 Å². The van der Waals surface area contributed by atoms with Crippen molar-refractivity contribution in [3.8, 4) is 16.9 Å². The summed E-state index contributed by atoms with van der Waals surface area (Å²) in [7, 11) is 3.50. The number of rotatable bonds is 4. The third-order valence-corrected chi connectivity index (χ3v) is 3.08. The monoisotopic (exact) mass is 259 g/mol. The third-order valence-electron chi connectivity index (χ3n) is 3.08. The van der Waals surface area contributed by atoms with Gasteiger partial charge in [-0.3, -0.25) is 0 Å². The molecular weight excluding hydrogens is 241 g/mol. The van der Waals surface area contributed by atoms with Crippen molar-refractivity contribution in [1.29, 1.82) is 0 Å². The molecule has 0 atom stereocenters. The fourth-order valence-corrected chi connectivity index (χ4v) is 2.19. The van der Waals surface area contributed by atoms with Gasteiger partial charge < -0.3 is 10.1 Å². The van der Waals surface area contributed by atoms with E-state index in [1.165, 1.54) is 6.07 Å². The summed E-state index contributed by atoms with van der Waals surface area (Å²) in [6, 6.07) is 10.9. The first-order chi connectivity index (χ1) is 9.15. The highest BCUT2D eigenvalue weighted by Crippen LogP contribution is 2.33. The number of ether oxygens (including phenoxy) is 1. The van der Waals surface area contributed by atoms with Crippen LogP contribution in [0.3, 0.4) is 0 Å². The number of hydrogen-bond donors (Lipinski definition) is 1. The highest BCUT2D eigenvalue weighted by Gasteiger charge is 2.11. The van der Waals surface area contributed by atoms with Gasteiger partial charge in [0.25, 0.3) is 0 Å². The Labute approximate surface area is 113 Å². The second kappa shape index (κ2) is 5.85. The van der Waals surface area contributed by atoms with Crippen LogP contribution in [0.1, 0.15) is 11.1 Å². The van der Waals surface area contributed by atoms with E-state index < -0.39 is 0 Å². The molecule has 0 fully saturated rings. The average molecular weight is 259 g/mol. The molecule has 0 aliphatic heterocycles. The lowest BCUT2D eigenvalue weighted by Crippen LogP contribution is -2.07. The normalized spacial score (nSPS) is 10.5. The number of methoxy groups -OCH3 is 1. The lowest BCUT2D eigenvalue weighted by molar-refractivity contribution is 0.416. The van der Waals surface area contributed by atoms with E-state index in [1.807, 2.05) is 26.1 Å². The van der Waals surface area contributed by atoms with E-state index in [0.717, 1.165) is 28.0 Å². The van der Waals surface area contributed by atoms with Crippen LogP contribution in [0.15, 0.2) is 36.4 Å². The Morgan fingerprint density at radius 3 is 2.58 bits per heavy atom. The van der Waals surface area contributed by atoms with Gasteiger partial charge >= 0.3 is 0 Å². The molecular formula is C16H18FNO. The van der Waals surface area contributed by atoms with Gasteiger partial charge in [-0.05, 0) is 49.4 Å². The molecule has 0 saturated heterocycles. The molecule has 0 unspecified atom stereocenters. The lowest BCUT2D eigenvalue weighted by Gasteiger charge is -2.14. The van der Waals surface area contributed by atoms with Crippen molar-refractivity contribution in [3.63, 3.8) is 0 Å². The molecule has 2 aromatic rings. The summed E-state index contributed by atoms with van der Waals surface area (Å²) in [5.74, 6) is 0.579. The minimum atomic E-state index is -0.222. The first-order valence-corrected chi connectivity index (χ1v) is 6.23. The maximum Gasteiger partial charge on any atom is 0.126 e. The number of nitrogens with one attached hydrogen (secondary N) is 1. The summed E-state index contributed by atoms with van der Waals surface area (Å²) in [6.45, 7) is 2.65. The minimum absolute atomic E-state index is 0.222. The third kappa shape index (κ3) is 2.93. The first-order valence-electron chi connectivity index (χ1n) is 6.23. The molecule has 0 spiro atoms. The highest BCUT2D eigenvalue weighted by atomic mass is 19.1. The summed E-state index contributed by atoms with van der Waals surface area (Å²) in [5, 5.41) is 3.07. The van der Waals surface area contributed by atoms with Crippen LogP contribution in [0, 0.1) is 12.7 Å². The summed E-state index contributed by atoms with van der Waals surface area (Å²) in [6.07, 6.45) is 0. The van der Waals surface area contributed by atoms with Gasteiger partial charge in [0.2, 0.25) is 0 Å². The predicted molar refractivity (Wildman–Crippen MR) is 75.9 cm³/mol. The minimum Gasteiger partial charge on any atom is -0.496 e. The molecule has 0 aliphatic rings. The van der Waals surface area contributed by atoms with E-state index in [9.17, 15) is 4.39 Å². The van der Waals surface area contributed by atoms with E-state index in [-0.39, 0.29) is 5.82 Å². The average Bonchev–Trinajstić information content (AvgIpc) is 2.39. The molecule has 0 aromatic heterocycles. The van der Waals surface area contributed by atoms with E-state index >= 15 is 0 Å². The molecule has 0 radical (unpaired) electrons. The smallest absolute Gasteiger partial charge is 0.126 e. The van der Waals surface area contributed by atoms with Gasteiger partial charge in [0.05, 0.1) is 7.11 Å². The fourth-order valence-electron chi connectivity index (χ4n) is 2.19. The van der Waals surface area contributed by atoms with Gasteiger partial charge in [-0.2, -0.15) is 0 Å². The van der Waals surface area contributed by atoms with Gasteiger partial charge in [0.1, 0.15) is 11.6 Å². The molecule has 0 saturated carbocycles. The Hall–Kier alpha value is -1.87. The van der Waals surface area contributed by atoms with Crippen molar-refractivity contribution in [2.24, 2.45) is 0 Å². The zero-order valence-electron chi connectivity index (χ0n) is 11.5. The number of halogens is 1. The van der Waals surface area contributed by atoms with E-state index in [0.29, 0.717) is 6.54 Å². The van der Waals surface area contributed by atoms with Gasteiger partial charge in [0.15, 0.2) is 0 Å². The van der Waals surface area contributed by atoms with Crippen molar-refractivity contribution >= 4 is 0 Å². The van der Waals surface area contributed by atoms with Crippen molar-refractivity contribution in [1.82, 2.24) is 5.32 Å². The fraction of sp³-hybridized carbons (Fsp3) is 0.250. The second-order valence-electron chi connectivity index (χ2n) is 4.54. The number of benzene rings is 2. The van der Waals surface area contributed by atoms with Crippen LogP contribution >= 0.6 is 0 Å². The largest absolute Gasteiger partial charge is 0.496 e. The van der Waals surface area contributed by atoms with Crippen LogP contribution in [0.5, 0.6) is 5.75 Å². The Kier molecular flexibility index (Phi) is 4.17. The van der Waals surface area contributed by atoms with Crippen LogP contribution in [0.25, 0.3) is 11.1 Å². The zero-order chi connectivity index (χ0) is 13.8. The summed E-state index contributed by atoms with van der Waals surface area (Å²) in [4.78, 5) is 0. The summed E-state index contributed by atoms with van der Waals surface area (Å²) >= 11 is 0. The molecule has 3 heteroatoms. The van der Waals surface area contributed by atoms with Crippen molar-refractivity contribution < 1.29 is 9.13 Å². The van der Waals surface area contributed by atoms with Crippen LogP contribution in [-0.2, 0) is 6.54 Å². The molecule has 0 heterocycles. The predicted octanol–water partition coefficient (Wildman–Crippen LogP) is 3.53. The van der Waals surface area contributed by atoms with Gasteiger partial charge in [-0.25, -0.2) is 4.39 Å². The van der Waals surface area contributed by atoms with E-state index in [1.54, 1.807) is 19.2 Å². The molecule has 2 rings (SSSR count). The molecule has 0 bridgehead atoms. The van der Waals surface area contributed by atoms with Crippen molar-refractivity contribution in [2.75, 3.05) is 14.2 Å². The number of hydrogen-bond acceptors (Lipinski definition) is 2. The lowest BCUT2D eigenvalue weighted by atomic mass is 9.97. The van der Waals surface area contributed by atoms with Crippen LogP contribution in [0.4, 0.5) is 4.39 Å². The standard InChI is InChI=1S/C16H18FNO/c1-11-4-7-16(19-3)15(8-11)14-6-5-13(17)9-12(14)10-18-2/h4-9,18H,10H2,1-3H3. The molecule has 19 heavy (non-hydrogen) atoms. The van der Waals surface area contributed by atoms with E-state index in [2.05, 4.69) is 11.4 Å². The van der Waals surface area contributed by atoms with Crippen LogP contribution in [0.2, 0.25) is 0 Å².